The van der Waals surface area contributed by atoms with E-state index in [2.05, 4.69) is 43.2 Å². The van der Waals surface area contributed by atoms with E-state index in [9.17, 15) is 45.6 Å². The van der Waals surface area contributed by atoms with Crippen LogP contribution in [-0.2, 0) is 23.7 Å². The molecule has 0 aromatic heterocycles. The highest BCUT2D eigenvalue weighted by Crippen LogP contribution is 2.32. The molecule has 16 atom stereocenters. The van der Waals surface area contributed by atoms with Crippen LogP contribution in [0.4, 0.5) is 0 Å². The standard InChI is InChI=1S/C37H65N5O13/c1-18(2)7-5-8-19(3)9-6-10-20(4)11-13-41-14-12-23(44)35(51)42-22-15-21(39)33(54-37-31(49)30(48)28(46)24(16-38)52-37)32(50)34(22)55-36-29(47)26(40)27(45)25(17-43)53-36/h7,9,11,13,21-34,36-37,43-50H,5-6,8,10,12,14-17,38-40H2,1-4H3,(H,42,51)/b19-9+,20-11+,41-13?/t21?,22?,23?,24?,25?,26?,27?,28?,29-,30?,31?,32?,33?,34?,36?,37?/m0/s1. The summed E-state index contributed by atoms with van der Waals surface area (Å²) in [6.45, 7) is 7.52. The molecule has 0 bridgehead atoms. The molecule has 55 heavy (non-hydrogen) atoms. The molecular weight excluding hydrogens is 722 g/mol. The molecular formula is C37H65N5O13. The summed E-state index contributed by atoms with van der Waals surface area (Å²) in [5.74, 6) is -0.828. The predicted molar refractivity (Wildman–Crippen MR) is 201 cm³/mol. The Kier molecular flexibility index (Phi) is 19.4. The van der Waals surface area contributed by atoms with Crippen molar-refractivity contribution in [3.05, 3.63) is 34.9 Å². The van der Waals surface area contributed by atoms with Crippen LogP contribution < -0.4 is 22.5 Å². The number of nitrogens with two attached hydrogens (primary N) is 3. The second-order valence-corrected chi connectivity index (χ2v) is 15.0. The van der Waals surface area contributed by atoms with E-state index in [0.717, 1.165) is 31.3 Å². The van der Waals surface area contributed by atoms with Gasteiger partial charge in [-0.05, 0) is 65.9 Å². The van der Waals surface area contributed by atoms with E-state index < -0.39 is 110 Å². The van der Waals surface area contributed by atoms with Gasteiger partial charge < -0.3 is 82.3 Å². The number of aliphatic imine (C=N–C) groups is 1. The van der Waals surface area contributed by atoms with Gasteiger partial charge in [0.1, 0.15) is 67.1 Å². The summed E-state index contributed by atoms with van der Waals surface area (Å²) in [6.07, 6.45) is -8.22. The predicted octanol–water partition coefficient (Wildman–Crippen LogP) is -2.89. The first-order valence-electron chi connectivity index (χ1n) is 19.0. The fourth-order valence-electron chi connectivity index (χ4n) is 6.68. The molecule has 3 fully saturated rings. The highest BCUT2D eigenvalue weighted by Gasteiger charge is 2.52. The molecule has 2 saturated heterocycles. The van der Waals surface area contributed by atoms with Crippen molar-refractivity contribution in [2.75, 3.05) is 19.7 Å². The van der Waals surface area contributed by atoms with E-state index in [1.165, 1.54) is 11.1 Å². The number of allylic oxidation sites excluding steroid dienone is 6. The number of nitrogens with zero attached hydrogens (tertiary/aromatic N) is 1. The molecule has 15 N–H and O–H groups in total. The molecule has 316 valence electrons. The van der Waals surface area contributed by atoms with Gasteiger partial charge in [0.05, 0.1) is 18.7 Å². The maximum absolute atomic E-state index is 13.2. The lowest BCUT2D eigenvalue weighted by atomic mass is 9.83. The van der Waals surface area contributed by atoms with Crippen LogP contribution in [0, 0.1) is 0 Å². The van der Waals surface area contributed by atoms with Crippen molar-refractivity contribution >= 4 is 12.1 Å². The lowest BCUT2D eigenvalue weighted by Crippen LogP contribution is -2.69. The first-order chi connectivity index (χ1) is 26.0. The van der Waals surface area contributed by atoms with Gasteiger partial charge in [0.15, 0.2) is 12.6 Å². The molecule has 18 heteroatoms. The number of carbonyl (C=O) groups excluding carboxylic acids is 1. The van der Waals surface area contributed by atoms with E-state index in [4.69, 9.17) is 36.1 Å². The maximum atomic E-state index is 13.2. The van der Waals surface area contributed by atoms with Crippen LogP contribution in [0.2, 0.25) is 0 Å². The number of hydrogen-bond acceptors (Lipinski definition) is 17. The van der Waals surface area contributed by atoms with Crippen LogP contribution >= 0.6 is 0 Å². The number of amides is 1. The van der Waals surface area contributed by atoms with Crippen LogP contribution in [0.15, 0.2) is 39.9 Å². The molecule has 1 saturated carbocycles. The van der Waals surface area contributed by atoms with Gasteiger partial charge in [0.2, 0.25) is 5.91 Å². The van der Waals surface area contributed by atoms with Gasteiger partial charge in [-0.2, -0.15) is 0 Å². The Morgan fingerprint density at radius 3 is 2.11 bits per heavy atom. The van der Waals surface area contributed by atoms with Crippen molar-refractivity contribution in [3.63, 3.8) is 0 Å². The largest absolute Gasteiger partial charge is 0.394 e. The maximum Gasteiger partial charge on any atom is 0.249 e. The second-order valence-electron chi connectivity index (χ2n) is 15.0. The van der Waals surface area contributed by atoms with E-state index in [1.54, 1.807) is 6.21 Å². The van der Waals surface area contributed by atoms with Gasteiger partial charge in [-0.1, -0.05) is 28.9 Å². The third-order valence-electron chi connectivity index (χ3n) is 10.2. The highest BCUT2D eigenvalue weighted by molar-refractivity contribution is 5.81. The third-order valence-corrected chi connectivity index (χ3v) is 10.2. The average molecular weight is 788 g/mol. The molecule has 0 radical (unpaired) electrons. The van der Waals surface area contributed by atoms with Crippen molar-refractivity contribution in [3.8, 4) is 0 Å². The van der Waals surface area contributed by atoms with Crippen molar-refractivity contribution in [2.45, 2.75) is 164 Å². The topological polar surface area (TPSA) is 318 Å². The summed E-state index contributed by atoms with van der Waals surface area (Å²) in [4.78, 5) is 17.5. The fourth-order valence-corrected chi connectivity index (χ4v) is 6.68. The van der Waals surface area contributed by atoms with Crippen LogP contribution in [-0.4, -0.2) is 171 Å². The van der Waals surface area contributed by atoms with Gasteiger partial charge in [-0.3, -0.25) is 9.79 Å². The van der Waals surface area contributed by atoms with E-state index in [0.29, 0.717) is 0 Å². The van der Waals surface area contributed by atoms with Gasteiger partial charge in [-0.15, -0.1) is 0 Å². The molecule has 1 amide bonds. The van der Waals surface area contributed by atoms with Gasteiger partial charge in [0.25, 0.3) is 0 Å². The Balaban J connectivity index is 1.66. The Hall–Kier alpha value is -2.24. The first kappa shape index (κ1) is 47.1. The smallest absolute Gasteiger partial charge is 0.249 e. The van der Waals surface area contributed by atoms with Crippen molar-refractivity contribution in [1.29, 1.82) is 0 Å². The SMILES string of the molecule is CC(C)=CCC/C(C)=C/CC/C(C)=C/C=NCCC(O)C(=O)NC1CC(N)C(OC2OC(CN)C(O)C(O)C2O)C(O)C1OC1OC(CO)C(O)C(N)[C@@H]1O. The van der Waals surface area contributed by atoms with Gasteiger partial charge >= 0.3 is 0 Å². The van der Waals surface area contributed by atoms with Crippen LogP contribution in [0.25, 0.3) is 0 Å². The number of rotatable bonds is 18. The lowest BCUT2D eigenvalue weighted by molar-refractivity contribution is -0.332. The molecule has 15 unspecified atom stereocenters. The minimum absolute atomic E-state index is 0.0375. The molecule has 0 aromatic rings. The minimum Gasteiger partial charge on any atom is -0.394 e. The number of ether oxygens (including phenoxy) is 4. The molecule has 0 spiro atoms. The first-order valence-corrected chi connectivity index (χ1v) is 19.0. The summed E-state index contributed by atoms with van der Waals surface area (Å²) in [5, 5.41) is 86.9. The molecule has 18 nitrogen and oxygen atoms in total. The Bertz CT molecular complexity index is 1310. The zero-order valence-electron chi connectivity index (χ0n) is 32.2. The van der Waals surface area contributed by atoms with Crippen molar-refractivity contribution in [1.82, 2.24) is 5.32 Å². The number of aliphatic hydroxyl groups is 8. The summed E-state index contributed by atoms with van der Waals surface area (Å²) in [6, 6.07) is -3.52. The van der Waals surface area contributed by atoms with Crippen LogP contribution in [0.1, 0.15) is 66.2 Å². The van der Waals surface area contributed by atoms with E-state index in [1.807, 2.05) is 13.0 Å². The Morgan fingerprint density at radius 1 is 0.836 bits per heavy atom. The van der Waals surface area contributed by atoms with Crippen LogP contribution in [0.5, 0.6) is 0 Å². The summed E-state index contributed by atoms with van der Waals surface area (Å²) < 4.78 is 22.9. The summed E-state index contributed by atoms with van der Waals surface area (Å²) in [5.41, 5.74) is 21.8. The number of hydrogen-bond donors (Lipinski definition) is 12. The summed E-state index contributed by atoms with van der Waals surface area (Å²) in [7, 11) is 0. The van der Waals surface area contributed by atoms with Crippen molar-refractivity contribution < 1.29 is 64.6 Å². The minimum atomic E-state index is -1.77. The van der Waals surface area contributed by atoms with E-state index >= 15 is 0 Å². The molecule has 2 aliphatic heterocycles. The average Bonchev–Trinajstić information content (AvgIpc) is 3.14. The molecule has 1 aliphatic carbocycles. The third kappa shape index (κ3) is 13.4. The summed E-state index contributed by atoms with van der Waals surface area (Å²) >= 11 is 0. The quantitative estimate of drug-likeness (QED) is 0.0490. The lowest BCUT2D eigenvalue weighted by Gasteiger charge is -2.49. The molecule has 2 heterocycles. The van der Waals surface area contributed by atoms with Gasteiger partial charge in [0, 0.05) is 31.8 Å². The fraction of sp³-hybridized carbons (Fsp3) is 0.784. The monoisotopic (exact) mass is 787 g/mol. The molecule has 3 aliphatic rings. The van der Waals surface area contributed by atoms with Gasteiger partial charge in [-0.25, -0.2) is 0 Å². The zero-order chi connectivity index (χ0) is 41.0. The number of nitrogens with one attached hydrogen (secondary N) is 1. The zero-order valence-corrected chi connectivity index (χ0v) is 32.2. The molecule has 3 rings (SSSR count). The molecule has 0 aromatic carbocycles. The van der Waals surface area contributed by atoms with E-state index in [-0.39, 0.29) is 25.9 Å². The highest BCUT2D eigenvalue weighted by atomic mass is 16.7. The van der Waals surface area contributed by atoms with Crippen LogP contribution in [0.3, 0.4) is 0 Å². The van der Waals surface area contributed by atoms with Crippen molar-refractivity contribution in [2.24, 2.45) is 22.2 Å². The second kappa shape index (κ2) is 22.6. The normalized spacial score (nSPS) is 38.2. The Labute approximate surface area is 322 Å². The Morgan fingerprint density at radius 2 is 1.45 bits per heavy atom. The number of carbonyl (C=O) groups is 1. The number of aliphatic hydroxyl groups excluding tert-OH is 8.